The monoisotopic (exact) mass is 371 g/mol. The van der Waals surface area contributed by atoms with Gasteiger partial charge in [0, 0.05) is 31.8 Å². The molecule has 0 saturated carbocycles. The fourth-order valence-corrected chi connectivity index (χ4v) is 3.41. The highest BCUT2D eigenvalue weighted by Crippen LogP contribution is 2.42. The predicted octanol–water partition coefficient (Wildman–Crippen LogP) is 6.86. The van der Waals surface area contributed by atoms with Gasteiger partial charge in [-0.15, -0.1) is 0 Å². The van der Waals surface area contributed by atoms with Crippen LogP contribution in [0, 0.1) is 6.57 Å². The zero-order valence-electron chi connectivity index (χ0n) is 12.5. The van der Waals surface area contributed by atoms with Crippen LogP contribution in [0.1, 0.15) is 16.7 Å². The Morgan fingerprint density at radius 2 is 0.958 bits per heavy atom. The first kappa shape index (κ1) is 16.9. The summed E-state index contributed by atoms with van der Waals surface area (Å²) in [6, 6.07) is 22.0. The number of benzene rings is 3. The van der Waals surface area contributed by atoms with E-state index in [1.165, 1.54) is 0 Å². The number of halogens is 3. The molecule has 0 unspecified atom stereocenters. The van der Waals surface area contributed by atoms with Crippen molar-refractivity contribution in [2.24, 2.45) is 0 Å². The second kappa shape index (κ2) is 6.87. The summed E-state index contributed by atoms with van der Waals surface area (Å²) in [5.74, 6) is 0. The van der Waals surface area contributed by atoms with Crippen molar-refractivity contribution in [3.63, 3.8) is 0 Å². The number of nitrogens with zero attached hydrogens (tertiary/aromatic N) is 1. The summed E-state index contributed by atoms with van der Waals surface area (Å²) in [6.45, 7) is 8.03. The molecule has 0 aliphatic heterocycles. The molecule has 0 aliphatic rings. The van der Waals surface area contributed by atoms with Crippen molar-refractivity contribution >= 4 is 34.8 Å². The summed E-state index contributed by atoms with van der Waals surface area (Å²) in [6.07, 6.45) is 0. The normalized spacial score (nSPS) is 11.1. The van der Waals surface area contributed by atoms with E-state index < -0.39 is 5.54 Å². The van der Waals surface area contributed by atoms with Crippen molar-refractivity contribution in [1.82, 2.24) is 0 Å². The van der Waals surface area contributed by atoms with Crippen LogP contribution in [0.3, 0.4) is 0 Å². The lowest BCUT2D eigenvalue weighted by molar-refractivity contribution is 0.772. The Hall–Kier alpha value is -1.98. The smallest absolute Gasteiger partial charge is 0.295 e. The Labute approximate surface area is 156 Å². The summed E-state index contributed by atoms with van der Waals surface area (Å²) < 4.78 is 0. The van der Waals surface area contributed by atoms with E-state index in [9.17, 15) is 0 Å². The third kappa shape index (κ3) is 3.01. The van der Waals surface area contributed by atoms with Crippen LogP contribution >= 0.6 is 34.8 Å². The molecule has 0 atom stereocenters. The maximum absolute atomic E-state index is 8.03. The summed E-state index contributed by atoms with van der Waals surface area (Å²) in [5, 5.41) is 1.72. The molecule has 0 bridgehead atoms. The predicted molar refractivity (Wildman–Crippen MR) is 101 cm³/mol. The summed E-state index contributed by atoms with van der Waals surface area (Å²) in [7, 11) is 0. The molecule has 118 valence electrons. The topological polar surface area (TPSA) is 4.36 Å². The van der Waals surface area contributed by atoms with Gasteiger partial charge in [0.2, 0.25) is 0 Å². The van der Waals surface area contributed by atoms with Crippen molar-refractivity contribution < 1.29 is 0 Å². The lowest BCUT2D eigenvalue weighted by atomic mass is 9.78. The average Bonchev–Trinajstić information content (AvgIpc) is 2.56. The van der Waals surface area contributed by atoms with Crippen LogP contribution in [0.15, 0.2) is 72.8 Å². The molecule has 0 amide bonds. The van der Waals surface area contributed by atoms with Gasteiger partial charge in [0.1, 0.15) is 0 Å². The van der Waals surface area contributed by atoms with Crippen LogP contribution in [0.4, 0.5) is 0 Å². The SMILES string of the molecule is [C-]#[N+]C(c1cccc(Cl)c1)(c1cccc(Cl)c1)c1cccc(Cl)c1. The third-order valence-electron chi connectivity index (χ3n) is 3.89. The van der Waals surface area contributed by atoms with E-state index in [0.29, 0.717) is 15.1 Å². The van der Waals surface area contributed by atoms with E-state index in [1.54, 1.807) is 36.4 Å². The molecule has 1 nitrogen and oxygen atoms in total. The van der Waals surface area contributed by atoms with Crippen LogP contribution in [0.2, 0.25) is 15.1 Å². The molecule has 0 fully saturated rings. The van der Waals surface area contributed by atoms with Gasteiger partial charge in [0.25, 0.3) is 0 Å². The zero-order valence-corrected chi connectivity index (χ0v) is 14.8. The highest BCUT2D eigenvalue weighted by Gasteiger charge is 2.43. The second-order valence-electron chi connectivity index (χ2n) is 5.35. The summed E-state index contributed by atoms with van der Waals surface area (Å²) in [4.78, 5) is 4.03. The van der Waals surface area contributed by atoms with Gasteiger partial charge in [-0.2, -0.15) is 0 Å². The van der Waals surface area contributed by atoms with Crippen LogP contribution in [0.5, 0.6) is 0 Å². The van der Waals surface area contributed by atoms with E-state index in [1.807, 2.05) is 36.4 Å². The molecular formula is C20H12Cl3N. The molecule has 3 rings (SSSR count). The Kier molecular flexibility index (Phi) is 4.83. The van der Waals surface area contributed by atoms with Crippen LogP contribution in [-0.4, -0.2) is 0 Å². The van der Waals surface area contributed by atoms with Crippen LogP contribution in [-0.2, 0) is 5.54 Å². The number of rotatable bonds is 3. The van der Waals surface area contributed by atoms with Gasteiger partial charge in [-0.05, 0) is 36.4 Å². The van der Waals surface area contributed by atoms with Gasteiger partial charge in [-0.1, -0.05) is 71.2 Å². The minimum absolute atomic E-state index is 0.574. The second-order valence-corrected chi connectivity index (χ2v) is 6.66. The van der Waals surface area contributed by atoms with Crippen LogP contribution in [0.25, 0.3) is 4.85 Å². The van der Waals surface area contributed by atoms with Crippen LogP contribution < -0.4 is 0 Å². The zero-order chi connectivity index (χ0) is 17.2. The molecule has 0 aromatic heterocycles. The molecule has 24 heavy (non-hydrogen) atoms. The summed E-state index contributed by atoms with van der Waals surface area (Å²) >= 11 is 18.6. The van der Waals surface area contributed by atoms with Gasteiger partial charge in [0.15, 0.2) is 0 Å². The largest absolute Gasteiger partial charge is 0.307 e. The molecule has 0 aliphatic carbocycles. The van der Waals surface area contributed by atoms with Crippen molar-refractivity contribution in [2.45, 2.75) is 5.54 Å². The van der Waals surface area contributed by atoms with E-state index in [-0.39, 0.29) is 0 Å². The van der Waals surface area contributed by atoms with Gasteiger partial charge < -0.3 is 0 Å². The van der Waals surface area contributed by atoms with Gasteiger partial charge in [-0.25, -0.2) is 6.57 Å². The van der Waals surface area contributed by atoms with Gasteiger partial charge >= 0.3 is 5.54 Å². The number of hydrogen-bond acceptors (Lipinski definition) is 0. The Morgan fingerprint density at radius 1 is 0.625 bits per heavy atom. The first-order valence-electron chi connectivity index (χ1n) is 7.23. The first-order valence-corrected chi connectivity index (χ1v) is 8.36. The Morgan fingerprint density at radius 3 is 1.21 bits per heavy atom. The van der Waals surface area contributed by atoms with E-state index in [2.05, 4.69) is 4.85 Å². The van der Waals surface area contributed by atoms with Crippen molar-refractivity contribution in [1.29, 1.82) is 0 Å². The quantitative estimate of drug-likeness (QED) is 0.349. The molecule has 0 radical (unpaired) electrons. The first-order chi connectivity index (χ1) is 11.6. The third-order valence-corrected chi connectivity index (χ3v) is 4.60. The minimum Gasteiger partial charge on any atom is -0.295 e. The molecular weight excluding hydrogens is 361 g/mol. The molecule has 0 spiro atoms. The standard InChI is InChI=1S/C20H12Cl3N/c1-24-20(14-5-2-8-17(21)11-14,15-6-3-9-18(22)12-15)16-7-4-10-19(23)13-16/h2-13H. The maximum atomic E-state index is 8.03. The summed E-state index contributed by atoms with van der Waals surface area (Å²) in [5.41, 5.74) is 1.25. The molecule has 3 aromatic rings. The highest BCUT2D eigenvalue weighted by molar-refractivity contribution is 6.31. The van der Waals surface area contributed by atoms with E-state index in [0.717, 1.165) is 16.7 Å². The van der Waals surface area contributed by atoms with Gasteiger partial charge in [0.05, 0.1) is 0 Å². The van der Waals surface area contributed by atoms with Crippen molar-refractivity contribution in [3.05, 3.63) is 116 Å². The average molecular weight is 373 g/mol. The van der Waals surface area contributed by atoms with Crippen molar-refractivity contribution in [3.8, 4) is 0 Å². The molecule has 3 aromatic carbocycles. The van der Waals surface area contributed by atoms with Gasteiger partial charge in [-0.3, -0.25) is 4.85 Å². The lowest BCUT2D eigenvalue weighted by Gasteiger charge is -2.24. The Balaban J connectivity index is 2.38. The fourth-order valence-electron chi connectivity index (χ4n) is 2.83. The molecule has 0 N–H and O–H groups in total. The lowest BCUT2D eigenvalue weighted by Crippen LogP contribution is -2.25. The van der Waals surface area contributed by atoms with E-state index in [4.69, 9.17) is 41.4 Å². The molecule has 0 heterocycles. The Bertz CT molecular complexity index is 817. The van der Waals surface area contributed by atoms with Crippen molar-refractivity contribution in [2.75, 3.05) is 0 Å². The highest BCUT2D eigenvalue weighted by atomic mass is 35.5. The molecule has 4 heteroatoms. The van der Waals surface area contributed by atoms with E-state index >= 15 is 0 Å². The fraction of sp³-hybridized carbons (Fsp3) is 0.0500. The maximum Gasteiger partial charge on any atom is 0.307 e. The number of hydrogen-bond donors (Lipinski definition) is 0. The molecule has 0 saturated heterocycles. The minimum atomic E-state index is -1.07.